The van der Waals surface area contributed by atoms with Crippen LogP contribution in [-0.2, 0) is 10.0 Å². The van der Waals surface area contributed by atoms with Gasteiger partial charge in [0.1, 0.15) is 18.0 Å². The van der Waals surface area contributed by atoms with Crippen molar-refractivity contribution in [1.29, 1.82) is 0 Å². The quantitative estimate of drug-likeness (QED) is 0.739. The molecule has 1 aliphatic heterocycles. The number of aryl methyl sites for hydroxylation is 1. The third-order valence-corrected chi connectivity index (χ3v) is 5.06. The zero-order valence-corrected chi connectivity index (χ0v) is 11.2. The van der Waals surface area contributed by atoms with Crippen LogP contribution in [0.25, 0.3) is 0 Å². The SMILES string of the molecule is CC1=[N+](C)CCN1S(=O)(=O)c1ccc(C)cc1. The van der Waals surface area contributed by atoms with Gasteiger partial charge in [-0.25, -0.2) is 0 Å². The van der Waals surface area contributed by atoms with Gasteiger partial charge in [0.25, 0.3) is 5.84 Å². The van der Waals surface area contributed by atoms with Crippen molar-refractivity contribution in [1.82, 2.24) is 4.31 Å². The fourth-order valence-corrected chi connectivity index (χ4v) is 3.43. The van der Waals surface area contributed by atoms with Gasteiger partial charge in [0.05, 0.1) is 7.05 Å². The van der Waals surface area contributed by atoms with E-state index in [1.165, 1.54) is 4.31 Å². The van der Waals surface area contributed by atoms with Crippen LogP contribution in [0.15, 0.2) is 29.2 Å². The Bertz CT molecular complexity index is 559. The second kappa shape index (κ2) is 4.14. The summed E-state index contributed by atoms with van der Waals surface area (Å²) in [5.41, 5.74) is 1.06. The number of nitrogens with zero attached hydrogens (tertiary/aromatic N) is 2. The number of sulfonamides is 1. The average Bonchev–Trinajstić information content (AvgIpc) is 2.61. The normalized spacial score (nSPS) is 16.8. The van der Waals surface area contributed by atoms with Crippen molar-refractivity contribution in [2.75, 3.05) is 20.1 Å². The molecule has 0 fully saturated rings. The van der Waals surface area contributed by atoms with E-state index in [0.29, 0.717) is 11.4 Å². The maximum Gasteiger partial charge on any atom is 0.330 e. The van der Waals surface area contributed by atoms with Crippen LogP contribution in [-0.4, -0.2) is 43.3 Å². The van der Waals surface area contributed by atoms with E-state index in [9.17, 15) is 8.42 Å². The van der Waals surface area contributed by atoms with Crippen LogP contribution in [0, 0.1) is 6.92 Å². The molecule has 2 rings (SSSR count). The molecular weight excluding hydrogens is 236 g/mol. The Kier molecular flexibility index (Phi) is 2.95. The van der Waals surface area contributed by atoms with E-state index in [1.54, 1.807) is 12.1 Å². The van der Waals surface area contributed by atoms with Gasteiger partial charge in [0.2, 0.25) is 0 Å². The van der Waals surface area contributed by atoms with Crippen molar-refractivity contribution in [3.63, 3.8) is 0 Å². The Labute approximate surface area is 102 Å². The fraction of sp³-hybridized carbons (Fsp3) is 0.417. The minimum atomic E-state index is -3.38. The van der Waals surface area contributed by atoms with Gasteiger partial charge in [0, 0.05) is 6.92 Å². The Morgan fingerprint density at radius 1 is 1.18 bits per heavy atom. The van der Waals surface area contributed by atoms with E-state index in [4.69, 9.17) is 0 Å². The minimum Gasteiger partial charge on any atom is -0.264 e. The largest absolute Gasteiger partial charge is 0.330 e. The molecule has 92 valence electrons. The second-order valence-electron chi connectivity index (χ2n) is 4.36. The molecule has 0 atom stereocenters. The van der Waals surface area contributed by atoms with Gasteiger partial charge in [0.15, 0.2) is 0 Å². The van der Waals surface area contributed by atoms with Gasteiger partial charge in [-0.1, -0.05) is 17.7 Å². The first-order valence-corrected chi connectivity index (χ1v) is 7.01. The number of hydrogen-bond donors (Lipinski definition) is 0. The summed E-state index contributed by atoms with van der Waals surface area (Å²) < 4.78 is 28.2. The van der Waals surface area contributed by atoms with E-state index in [0.717, 1.165) is 17.9 Å². The van der Waals surface area contributed by atoms with Crippen LogP contribution < -0.4 is 0 Å². The molecule has 5 heteroatoms. The highest BCUT2D eigenvalue weighted by Gasteiger charge is 2.37. The highest BCUT2D eigenvalue weighted by atomic mass is 32.2. The molecule has 17 heavy (non-hydrogen) atoms. The van der Waals surface area contributed by atoms with E-state index >= 15 is 0 Å². The second-order valence-corrected chi connectivity index (χ2v) is 6.22. The van der Waals surface area contributed by atoms with Crippen LogP contribution in [0.2, 0.25) is 0 Å². The van der Waals surface area contributed by atoms with Gasteiger partial charge in [-0.15, -0.1) is 4.31 Å². The molecule has 0 saturated carbocycles. The zero-order valence-electron chi connectivity index (χ0n) is 10.3. The summed E-state index contributed by atoms with van der Waals surface area (Å²) in [5, 5.41) is 0. The molecule has 0 saturated heterocycles. The number of amidine groups is 1. The molecular formula is C12H17N2O2S+. The number of rotatable bonds is 2. The van der Waals surface area contributed by atoms with Gasteiger partial charge >= 0.3 is 10.0 Å². The minimum absolute atomic E-state index is 0.359. The van der Waals surface area contributed by atoms with Gasteiger partial charge in [-0.2, -0.15) is 8.42 Å². The van der Waals surface area contributed by atoms with Crippen molar-refractivity contribution in [3.8, 4) is 0 Å². The first-order chi connectivity index (χ1) is 7.93. The van der Waals surface area contributed by atoms with E-state index in [2.05, 4.69) is 0 Å². The van der Waals surface area contributed by atoms with Crippen LogP contribution in [0.5, 0.6) is 0 Å². The fourth-order valence-electron chi connectivity index (χ4n) is 1.89. The molecule has 0 N–H and O–H groups in total. The molecule has 1 aliphatic rings. The maximum atomic E-state index is 12.4. The molecule has 0 bridgehead atoms. The zero-order chi connectivity index (χ0) is 12.6. The van der Waals surface area contributed by atoms with E-state index in [-0.39, 0.29) is 0 Å². The monoisotopic (exact) mass is 253 g/mol. The van der Waals surface area contributed by atoms with Crippen LogP contribution in [0.4, 0.5) is 0 Å². The number of likely N-dealkylation sites (N-methyl/N-ethyl adjacent to an activating group) is 1. The predicted molar refractivity (Wildman–Crippen MR) is 66.8 cm³/mol. The Morgan fingerprint density at radius 2 is 1.76 bits per heavy atom. The lowest BCUT2D eigenvalue weighted by Gasteiger charge is -2.11. The van der Waals surface area contributed by atoms with Crippen molar-refractivity contribution in [2.45, 2.75) is 18.7 Å². The lowest BCUT2D eigenvalue weighted by molar-refractivity contribution is -0.486. The molecule has 0 radical (unpaired) electrons. The van der Waals surface area contributed by atoms with Crippen LogP contribution in [0.3, 0.4) is 0 Å². The molecule has 4 nitrogen and oxygen atoms in total. The van der Waals surface area contributed by atoms with Gasteiger partial charge in [-0.3, -0.25) is 4.58 Å². The summed E-state index contributed by atoms with van der Waals surface area (Å²) in [6.07, 6.45) is 0. The van der Waals surface area contributed by atoms with Crippen LogP contribution >= 0.6 is 0 Å². The Hall–Kier alpha value is -1.36. The van der Waals surface area contributed by atoms with Crippen LogP contribution in [0.1, 0.15) is 12.5 Å². The topological polar surface area (TPSA) is 40.4 Å². The molecule has 1 aromatic rings. The summed E-state index contributed by atoms with van der Waals surface area (Å²) in [6, 6.07) is 6.97. The highest BCUT2D eigenvalue weighted by Crippen LogP contribution is 2.18. The summed E-state index contributed by atoms with van der Waals surface area (Å²) in [7, 11) is -1.48. The third kappa shape index (κ3) is 2.07. The van der Waals surface area contributed by atoms with Crippen molar-refractivity contribution in [3.05, 3.63) is 29.8 Å². The summed E-state index contributed by atoms with van der Waals surface area (Å²) in [4.78, 5) is 0.359. The van der Waals surface area contributed by atoms with Crippen molar-refractivity contribution in [2.24, 2.45) is 0 Å². The van der Waals surface area contributed by atoms with E-state index in [1.807, 2.05) is 37.6 Å². The molecule has 0 spiro atoms. The smallest absolute Gasteiger partial charge is 0.264 e. The summed E-state index contributed by atoms with van der Waals surface area (Å²) in [5.74, 6) is 0.783. The number of benzene rings is 1. The molecule has 1 heterocycles. The predicted octanol–water partition coefficient (Wildman–Crippen LogP) is 1.06. The lowest BCUT2D eigenvalue weighted by Crippen LogP contribution is -2.33. The van der Waals surface area contributed by atoms with Crippen molar-refractivity contribution >= 4 is 15.9 Å². The third-order valence-electron chi connectivity index (χ3n) is 3.16. The van der Waals surface area contributed by atoms with Crippen molar-refractivity contribution < 1.29 is 13.0 Å². The van der Waals surface area contributed by atoms with E-state index < -0.39 is 10.0 Å². The summed E-state index contributed by atoms with van der Waals surface area (Å²) >= 11 is 0. The Morgan fingerprint density at radius 3 is 2.24 bits per heavy atom. The molecule has 0 aliphatic carbocycles. The Balaban J connectivity index is 2.41. The molecule has 0 aromatic heterocycles. The van der Waals surface area contributed by atoms with Gasteiger partial charge in [-0.05, 0) is 19.1 Å². The average molecular weight is 253 g/mol. The maximum absolute atomic E-state index is 12.4. The number of hydrogen-bond acceptors (Lipinski definition) is 2. The standard InChI is InChI=1S/C12H17N2O2S/c1-10-4-6-12(7-5-10)17(15,16)14-9-8-13(3)11(14)2/h4-7H,8-9H2,1-3H3/q+1. The molecule has 1 aromatic carbocycles. The first-order valence-electron chi connectivity index (χ1n) is 5.57. The highest BCUT2D eigenvalue weighted by molar-refractivity contribution is 7.89. The molecule has 0 amide bonds. The van der Waals surface area contributed by atoms with Gasteiger partial charge < -0.3 is 0 Å². The summed E-state index contributed by atoms with van der Waals surface area (Å²) in [6.45, 7) is 5.05. The lowest BCUT2D eigenvalue weighted by atomic mass is 10.2. The molecule has 0 unspecified atom stereocenters. The first kappa shape index (κ1) is 12.1.